The minimum atomic E-state index is -3.73. The average Bonchev–Trinajstić information content (AvgIpc) is 3.52. The molecule has 1 amide bonds. The van der Waals surface area contributed by atoms with Gasteiger partial charge in [0.1, 0.15) is 11.5 Å². The number of aromatic amines is 1. The van der Waals surface area contributed by atoms with Crippen LogP contribution in [0.3, 0.4) is 0 Å². The molecule has 4 aromatic rings. The number of pyridine rings is 1. The van der Waals surface area contributed by atoms with Gasteiger partial charge >= 0.3 is 0 Å². The molecule has 0 radical (unpaired) electrons. The number of fused-ring (bicyclic) bond motifs is 1. The molecule has 9 heteroatoms. The summed E-state index contributed by atoms with van der Waals surface area (Å²) in [7, 11) is -3.73. The Hall–Kier alpha value is -3.36. The van der Waals surface area contributed by atoms with Gasteiger partial charge in [0.25, 0.3) is 10.0 Å². The Morgan fingerprint density at radius 2 is 1.75 bits per heavy atom. The second kappa shape index (κ2) is 7.96. The van der Waals surface area contributed by atoms with Crippen LogP contribution >= 0.6 is 11.6 Å². The van der Waals surface area contributed by atoms with Crippen LogP contribution in [-0.2, 0) is 14.8 Å². The quantitative estimate of drug-likeness (QED) is 0.370. The van der Waals surface area contributed by atoms with E-state index in [1.165, 1.54) is 24.3 Å². The first kappa shape index (κ1) is 20.5. The third-order valence-corrected chi connectivity index (χ3v) is 6.95. The molecule has 1 fully saturated rings. The lowest BCUT2D eigenvalue weighted by molar-refractivity contribution is -0.117. The van der Waals surface area contributed by atoms with Crippen molar-refractivity contribution in [1.82, 2.24) is 9.97 Å². The van der Waals surface area contributed by atoms with E-state index in [1.54, 1.807) is 18.3 Å². The van der Waals surface area contributed by atoms with Crippen LogP contribution in [0.4, 0.5) is 11.5 Å². The van der Waals surface area contributed by atoms with Crippen LogP contribution in [0, 0.1) is 5.92 Å². The summed E-state index contributed by atoms with van der Waals surface area (Å²) >= 11 is 5.84. The minimum Gasteiger partial charge on any atom is -0.346 e. The molecular weight excluding hydrogens is 448 g/mol. The topological polar surface area (TPSA) is 104 Å². The number of hydrogen-bond acceptors (Lipinski definition) is 4. The monoisotopic (exact) mass is 466 g/mol. The fraction of sp³-hybridized carbons (Fsp3) is 0.130. The van der Waals surface area contributed by atoms with Gasteiger partial charge in [0.2, 0.25) is 5.91 Å². The highest BCUT2D eigenvalue weighted by Crippen LogP contribution is 2.33. The third kappa shape index (κ3) is 4.19. The maximum atomic E-state index is 12.6. The molecule has 3 N–H and O–H groups in total. The van der Waals surface area contributed by atoms with E-state index >= 15 is 0 Å². The molecule has 7 nitrogen and oxygen atoms in total. The van der Waals surface area contributed by atoms with E-state index < -0.39 is 10.0 Å². The number of aromatic nitrogens is 2. The molecule has 162 valence electrons. The molecule has 2 heterocycles. The largest absolute Gasteiger partial charge is 0.346 e. The van der Waals surface area contributed by atoms with Crippen molar-refractivity contribution in [2.45, 2.75) is 17.7 Å². The van der Waals surface area contributed by atoms with Crippen molar-refractivity contribution in [1.29, 1.82) is 0 Å². The number of carbonyl (C=O) groups is 1. The lowest BCUT2D eigenvalue weighted by Crippen LogP contribution is -2.14. The van der Waals surface area contributed by atoms with Gasteiger partial charge < -0.3 is 10.3 Å². The minimum absolute atomic E-state index is 0.0127. The number of nitrogens with zero attached hydrogens (tertiary/aromatic N) is 1. The lowest BCUT2D eigenvalue weighted by atomic mass is 10.0. The zero-order valence-corrected chi connectivity index (χ0v) is 18.4. The van der Waals surface area contributed by atoms with Gasteiger partial charge in [-0.1, -0.05) is 23.7 Å². The van der Waals surface area contributed by atoms with Crippen molar-refractivity contribution < 1.29 is 13.2 Å². The highest BCUT2D eigenvalue weighted by Gasteiger charge is 2.30. The first-order valence-electron chi connectivity index (χ1n) is 10.1. The third-order valence-electron chi connectivity index (χ3n) is 5.30. The summed E-state index contributed by atoms with van der Waals surface area (Å²) in [5, 5.41) is 4.26. The van der Waals surface area contributed by atoms with Crippen LogP contribution in [0.5, 0.6) is 0 Å². The van der Waals surface area contributed by atoms with Gasteiger partial charge in [-0.05, 0) is 72.5 Å². The molecular formula is C23H19ClN4O3S. The molecule has 5 rings (SSSR count). The lowest BCUT2D eigenvalue weighted by Gasteiger charge is -2.11. The van der Waals surface area contributed by atoms with Gasteiger partial charge in [-0.3, -0.25) is 9.52 Å². The van der Waals surface area contributed by atoms with Gasteiger partial charge in [0.05, 0.1) is 4.90 Å². The van der Waals surface area contributed by atoms with Gasteiger partial charge in [-0.15, -0.1) is 0 Å². The van der Waals surface area contributed by atoms with E-state index in [0.717, 1.165) is 29.4 Å². The zero-order chi connectivity index (χ0) is 22.3. The first-order chi connectivity index (χ1) is 15.4. The predicted molar refractivity (Wildman–Crippen MR) is 125 cm³/mol. The molecule has 2 aromatic heterocycles. The summed E-state index contributed by atoms with van der Waals surface area (Å²) in [5.41, 5.74) is 2.86. The second-order valence-corrected chi connectivity index (χ2v) is 9.81. The second-order valence-electron chi connectivity index (χ2n) is 7.70. The molecule has 0 unspecified atom stereocenters. The first-order valence-corrected chi connectivity index (χ1v) is 11.9. The van der Waals surface area contributed by atoms with E-state index in [4.69, 9.17) is 11.6 Å². The number of benzene rings is 2. The van der Waals surface area contributed by atoms with E-state index in [1.807, 2.05) is 24.3 Å². The number of hydrogen-bond donors (Lipinski definition) is 3. The van der Waals surface area contributed by atoms with Crippen molar-refractivity contribution in [2.24, 2.45) is 5.92 Å². The highest BCUT2D eigenvalue weighted by molar-refractivity contribution is 7.92. The molecule has 0 saturated heterocycles. The Kier molecular flexibility index (Phi) is 5.11. The number of nitrogens with one attached hydrogen (secondary N) is 3. The molecule has 0 atom stereocenters. The van der Waals surface area contributed by atoms with Crippen LogP contribution in [0.25, 0.3) is 22.2 Å². The summed E-state index contributed by atoms with van der Waals surface area (Å²) in [4.78, 5) is 19.9. The maximum Gasteiger partial charge on any atom is 0.261 e. The van der Waals surface area contributed by atoms with Crippen LogP contribution in [0.15, 0.2) is 71.8 Å². The Labute approximate surface area is 189 Å². The number of amides is 1. The molecule has 0 bridgehead atoms. The Bertz CT molecular complexity index is 1410. The summed E-state index contributed by atoms with van der Waals surface area (Å²) in [6.45, 7) is 0. The van der Waals surface area contributed by atoms with Crippen LogP contribution in [-0.4, -0.2) is 24.3 Å². The Balaban J connectivity index is 1.42. The summed E-state index contributed by atoms with van der Waals surface area (Å²) in [6, 6.07) is 16.8. The number of sulfonamides is 1. The molecule has 0 spiro atoms. The number of anilines is 2. The average molecular weight is 467 g/mol. The fourth-order valence-corrected chi connectivity index (χ4v) is 4.64. The summed E-state index contributed by atoms with van der Waals surface area (Å²) in [5.74, 6) is 0.549. The number of rotatable bonds is 6. The molecule has 0 aliphatic heterocycles. The molecule has 1 saturated carbocycles. The van der Waals surface area contributed by atoms with Crippen molar-refractivity contribution in [3.05, 3.63) is 71.9 Å². The van der Waals surface area contributed by atoms with Gasteiger partial charge in [0.15, 0.2) is 0 Å². The summed E-state index contributed by atoms with van der Waals surface area (Å²) < 4.78 is 27.8. The van der Waals surface area contributed by atoms with E-state index in [0.29, 0.717) is 22.2 Å². The normalized spacial score (nSPS) is 13.8. The molecule has 32 heavy (non-hydrogen) atoms. The SMILES string of the molecule is O=C(Nc1cc(-c2ccc(NS(=O)(=O)c3ccc(Cl)cc3)cc2)c2cc[nH]c2n1)C1CC1. The number of carbonyl (C=O) groups excluding carboxylic acids is 1. The Morgan fingerprint density at radius 1 is 1.03 bits per heavy atom. The zero-order valence-electron chi connectivity index (χ0n) is 16.8. The van der Waals surface area contributed by atoms with Crippen molar-refractivity contribution in [3.8, 4) is 11.1 Å². The van der Waals surface area contributed by atoms with Crippen molar-refractivity contribution in [2.75, 3.05) is 10.0 Å². The Morgan fingerprint density at radius 3 is 2.44 bits per heavy atom. The van der Waals surface area contributed by atoms with E-state index in [2.05, 4.69) is 20.0 Å². The van der Waals surface area contributed by atoms with Gasteiger partial charge in [-0.25, -0.2) is 13.4 Å². The van der Waals surface area contributed by atoms with Crippen molar-refractivity contribution in [3.63, 3.8) is 0 Å². The molecule has 2 aromatic carbocycles. The van der Waals surface area contributed by atoms with Crippen LogP contribution < -0.4 is 10.0 Å². The van der Waals surface area contributed by atoms with Gasteiger partial charge in [-0.2, -0.15) is 0 Å². The maximum absolute atomic E-state index is 12.6. The van der Waals surface area contributed by atoms with Crippen molar-refractivity contribution >= 4 is 50.1 Å². The fourth-order valence-electron chi connectivity index (χ4n) is 3.46. The molecule has 1 aliphatic carbocycles. The van der Waals surface area contributed by atoms with E-state index in [-0.39, 0.29) is 16.7 Å². The van der Waals surface area contributed by atoms with E-state index in [9.17, 15) is 13.2 Å². The summed E-state index contributed by atoms with van der Waals surface area (Å²) in [6.07, 6.45) is 3.62. The number of H-pyrrole nitrogens is 1. The smallest absolute Gasteiger partial charge is 0.261 e. The van der Waals surface area contributed by atoms with Gasteiger partial charge in [0, 0.05) is 28.2 Å². The number of halogens is 1. The molecule has 1 aliphatic rings. The predicted octanol–water partition coefficient (Wildman–Crippen LogP) is 5.03. The highest BCUT2D eigenvalue weighted by atomic mass is 35.5. The van der Waals surface area contributed by atoms with Crippen LogP contribution in [0.2, 0.25) is 5.02 Å². The standard InChI is InChI=1S/C23H19ClN4O3S/c24-16-5-9-18(10-6-16)32(30,31)28-17-7-3-14(4-8-17)20-13-21(27-23(29)15-1-2-15)26-22-19(20)11-12-25-22/h3-13,15,28H,1-2H2,(H2,25,26,27,29). The van der Waals surface area contributed by atoms with Crippen LogP contribution in [0.1, 0.15) is 12.8 Å².